The molecule has 3 heterocycles. The van der Waals surface area contributed by atoms with Gasteiger partial charge in [0.2, 0.25) is 5.91 Å². The number of furan rings is 1. The summed E-state index contributed by atoms with van der Waals surface area (Å²) in [5.41, 5.74) is 1.11. The number of nitrogens with zero attached hydrogens (tertiary/aromatic N) is 2. The van der Waals surface area contributed by atoms with Gasteiger partial charge in [-0.25, -0.2) is 0 Å². The van der Waals surface area contributed by atoms with E-state index in [0.29, 0.717) is 32.8 Å². The van der Waals surface area contributed by atoms with Gasteiger partial charge in [0, 0.05) is 6.54 Å². The van der Waals surface area contributed by atoms with Gasteiger partial charge in [-0.15, -0.1) is 0 Å². The topological polar surface area (TPSA) is 55.2 Å². The van der Waals surface area contributed by atoms with Crippen LogP contribution in [-0.2, 0) is 27.4 Å². The lowest BCUT2D eigenvalue weighted by atomic mass is 10.0. The predicted octanol–water partition coefficient (Wildman–Crippen LogP) is 3.04. The molecule has 28 heavy (non-hydrogen) atoms. The molecule has 1 aromatic carbocycles. The van der Waals surface area contributed by atoms with Crippen molar-refractivity contribution in [3.63, 3.8) is 0 Å². The lowest BCUT2D eigenvalue weighted by Gasteiger charge is -2.38. The summed E-state index contributed by atoms with van der Waals surface area (Å²) in [7, 11) is 0. The Hall–Kier alpha value is -2.15. The van der Waals surface area contributed by atoms with Crippen LogP contribution in [0.15, 0.2) is 53.1 Å². The number of ether oxygens (including phenoxy) is 2. The molecule has 4 rings (SSSR count). The zero-order valence-electron chi connectivity index (χ0n) is 16.2. The van der Waals surface area contributed by atoms with Crippen LogP contribution in [0.25, 0.3) is 0 Å². The number of likely N-dealkylation sites (tertiary alicyclic amines) is 1. The fraction of sp³-hybridized carbons (Fsp3) is 0.500. The van der Waals surface area contributed by atoms with Crippen molar-refractivity contribution in [3.05, 3.63) is 60.1 Å². The molecular weight excluding hydrogens is 356 g/mol. The Morgan fingerprint density at radius 3 is 2.61 bits per heavy atom. The van der Waals surface area contributed by atoms with Crippen molar-refractivity contribution >= 4 is 5.91 Å². The van der Waals surface area contributed by atoms with Gasteiger partial charge in [0.05, 0.1) is 38.6 Å². The van der Waals surface area contributed by atoms with E-state index in [1.807, 2.05) is 47.4 Å². The minimum absolute atomic E-state index is 0.102. The minimum Gasteiger partial charge on any atom is -0.467 e. The van der Waals surface area contributed by atoms with E-state index in [9.17, 15) is 4.79 Å². The van der Waals surface area contributed by atoms with Gasteiger partial charge in [-0.1, -0.05) is 36.8 Å². The highest BCUT2D eigenvalue weighted by Crippen LogP contribution is 2.24. The lowest BCUT2D eigenvalue weighted by molar-refractivity contribution is -0.141. The van der Waals surface area contributed by atoms with Crippen LogP contribution in [0.3, 0.4) is 0 Å². The molecule has 0 radical (unpaired) electrons. The van der Waals surface area contributed by atoms with Gasteiger partial charge >= 0.3 is 0 Å². The SMILES string of the molecule is O=C(CN1CCCCC1C1OCCO1)N(Cc1ccccc1)Cc1ccco1. The molecule has 150 valence electrons. The van der Waals surface area contributed by atoms with Gasteiger partial charge in [-0.05, 0) is 37.1 Å². The number of benzene rings is 1. The van der Waals surface area contributed by atoms with E-state index >= 15 is 0 Å². The maximum Gasteiger partial charge on any atom is 0.237 e. The number of carbonyl (C=O) groups excluding carboxylic acids is 1. The van der Waals surface area contributed by atoms with Crippen LogP contribution in [-0.4, -0.2) is 54.3 Å². The van der Waals surface area contributed by atoms with Crippen LogP contribution < -0.4 is 0 Å². The van der Waals surface area contributed by atoms with Crippen molar-refractivity contribution in [2.45, 2.75) is 44.7 Å². The molecule has 6 nitrogen and oxygen atoms in total. The Morgan fingerprint density at radius 1 is 1.04 bits per heavy atom. The van der Waals surface area contributed by atoms with Crippen LogP contribution in [0, 0.1) is 0 Å². The Labute approximate surface area is 166 Å². The van der Waals surface area contributed by atoms with Crippen molar-refractivity contribution in [3.8, 4) is 0 Å². The van der Waals surface area contributed by atoms with Gasteiger partial charge in [-0.3, -0.25) is 9.69 Å². The number of piperidine rings is 1. The number of hydrogen-bond acceptors (Lipinski definition) is 5. The molecule has 1 aromatic heterocycles. The summed E-state index contributed by atoms with van der Waals surface area (Å²) in [6.45, 7) is 3.59. The predicted molar refractivity (Wildman–Crippen MR) is 104 cm³/mol. The zero-order chi connectivity index (χ0) is 19.2. The second kappa shape index (κ2) is 9.37. The number of amides is 1. The number of carbonyl (C=O) groups is 1. The first kappa shape index (κ1) is 19.2. The van der Waals surface area contributed by atoms with Crippen molar-refractivity contribution in [2.75, 3.05) is 26.3 Å². The molecule has 0 bridgehead atoms. The highest BCUT2D eigenvalue weighted by molar-refractivity contribution is 5.78. The van der Waals surface area contributed by atoms with E-state index in [4.69, 9.17) is 13.9 Å². The molecule has 2 fully saturated rings. The highest BCUT2D eigenvalue weighted by atomic mass is 16.7. The molecular formula is C22H28N2O4. The fourth-order valence-corrected chi connectivity index (χ4v) is 4.02. The van der Waals surface area contributed by atoms with Crippen molar-refractivity contribution in [2.24, 2.45) is 0 Å². The third-order valence-corrected chi connectivity index (χ3v) is 5.46. The average molecular weight is 384 g/mol. The van der Waals surface area contributed by atoms with Crippen LogP contribution in [0.4, 0.5) is 0 Å². The minimum atomic E-state index is -0.208. The van der Waals surface area contributed by atoms with Crippen LogP contribution in [0.1, 0.15) is 30.6 Å². The van der Waals surface area contributed by atoms with Gasteiger partial charge in [0.15, 0.2) is 6.29 Å². The third-order valence-electron chi connectivity index (χ3n) is 5.46. The van der Waals surface area contributed by atoms with Crippen molar-refractivity contribution < 1.29 is 18.7 Å². The Bertz CT molecular complexity index is 728. The van der Waals surface area contributed by atoms with E-state index < -0.39 is 0 Å². The molecule has 2 aliphatic rings. The summed E-state index contributed by atoms with van der Waals surface area (Å²) < 4.78 is 17.0. The normalized spacial score (nSPS) is 21.1. The summed E-state index contributed by atoms with van der Waals surface area (Å²) in [6, 6.07) is 14.0. The maximum absolute atomic E-state index is 13.3. The molecule has 0 N–H and O–H groups in total. The summed E-state index contributed by atoms with van der Waals surface area (Å²) >= 11 is 0. The molecule has 0 aliphatic carbocycles. The zero-order valence-corrected chi connectivity index (χ0v) is 16.2. The molecule has 1 unspecified atom stereocenters. The van der Waals surface area contributed by atoms with Gasteiger partial charge in [-0.2, -0.15) is 0 Å². The fourth-order valence-electron chi connectivity index (χ4n) is 4.02. The molecule has 1 amide bonds. The van der Waals surface area contributed by atoms with E-state index in [1.54, 1.807) is 6.26 Å². The second-order valence-electron chi connectivity index (χ2n) is 7.46. The number of rotatable bonds is 7. The standard InChI is InChI=1S/C22H28N2O4/c25-21(17-23-11-5-4-10-20(23)22-27-13-14-28-22)24(16-19-9-6-12-26-19)15-18-7-2-1-3-8-18/h1-3,6-9,12,20,22H,4-5,10-11,13-17H2. The third kappa shape index (κ3) is 4.82. The van der Waals surface area contributed by atoms with Crippen LogP contribution in [0.2, 0.25) is 0 Å². The quantitative estimate of drug-likeness (QED) is 0.734. The summed E-state index contributed by atoms with van der Waals surface area (Å²) in [5, 5.41) is 0. The molecule has 2 saturated heterocycles. The molecule has 0 spiro atoms. The smallest absolute Gasteiger partial charge is 0.237 e. The first-order chi connectivity index (χ1) is 13.8. The van der Waals surface area contributed by atoms with E-state index in [-0.39, 0.29) is 18.2 Å². The van der Waals surface area contributed by atoms with Gasteiger partial charge in [0.25, 0.3) is 0 Å². The molecule has 2 aliphatic heterocycles. The number of hydrogen-bond donors (Lipinski definition) is 0. The first-order valence-electron chi connectivity index (χ1n) is 10.1. The average Bonchev–Trinajstić information content (AvgIpc) is 3.43. The second-order valence-corrected chi connectivity index (χ2v) is 7.46. The first-order valence-corrected chi connectivity index (χ1v) is 10.1. The summed E-state index contributed by atoms with van der Waals surface area (Å²) in [4.78, 5) is 17.4. The summed E-state index contributed by atoms with van der Waals surface area (Å²) in [6.07, 6.45) is 4.71. The van der Waals surface area contributed by atoms with Crippen LogP contribution >= 0.6 is 0 Å². The van der Waals surface area contributed by atoms with Crippen molar-refractivity contribution in [1.29, 1.82) is 0 Å². The Morgan fingerprint density at radius 2 is 1.86 bits per heavy atom. The maximum atomic E-state index is 13.3. The molecule has 1 atom stereocenters. The van der Waals surface area contributed by atoms with E-state index in [2.05, 4.69) is 4.90 Å². The van der Waals surface area contributed by atoms with Crippen molar-refractivity contribution in [1.82, 2.24) is 9.80 Å². The molecule has 0 saturated carbocycles. The van der Waals surface area contributed by atoms with E-state index in [0.717, 1.165) is 37.1 Å². The summed E-state index contributed by atoms with van der Waals surface area (Å²) in [5.74, 6) is 0.895. The monoisotopic (exact) mass is 384 g/mol. The molecule has 2 aromatic rings. The van der Waals surface area contributed by atoms with Gasteiger partial charge < -0.3 is 18.8 Å². The Kier molecular flexibility index (Phi) is 6.41. The van der Waals surface area contributed by atoms with Crippen LogP contribution in [0.5, 0.6) is 0 Å². The molecule has 6 heteroatoms. The lowest BCUT2D eigenvalue weighted by Crippen LogP contribution is -2.51. The van der Waals surface area contributed by atoms with Gasteiger partial charge in [0.1, 0.15) is 5.76 Å². The van der Waals surface area contributed by atoms with E-state index in [1.165, 1.54) is 0 Å². The highest BCUT2D eigenvalue weighted by Gasteiger charge is 2.35. The largest absolute Gasteiger partial charge is 0.467 e. The Balaban J connectivity index is 1.45.